The summed E-state index contributed by atoms with van der Waals surface area (Å²) in [5.41, 5.74) is 0.659. The molecular formula is C32H48N5O9PS. The van der Waals surface area contributed by atoms with Crippen LogP contribution in [0.4, 0.5) is 0 Å². The molecule has 48 heavy (non-hydrogen) atoms. The van der Waals surface area contributed by atoms with E-state index in [1.165, 1.54) is 22.5 Å². The van der Waals surface area contributed by atoms with E-state index >= 15 is 0 Å². The second kappa shape index (κ2) is 17.3. The Kier molecular flexibility index (Phi) is 13.7. The van der Waals surface area contributed by atoms with Crippen molar-refractivity contribution in [3.8, 4) is 5.75 Å². The van der Waals surface area contributed by atoms with E-state index in [1.54, 1.807) is 30.2 Å². The zero-order chi connectivity index (χ0) is 35.0. The molecule has 2 aromatic rings. The third-order valence-corrected chi connectivity index (χ3v) is 9.92. The van der Waals surface area contributed by atoms with Crippen molar-refractivity contribution in [2.45, 2.75) is 77.7 Å². The van der Waals surface area contributed by atoms with Gasteiger partial charge in [-0.2, -0.15) is 5.06 Å². The number of fused-ring (bicyclic) bond motifs is 1. The fourth-order valence-electron chi connectivity index (χ4n) is 5.88. The quantitative estimate of drug-likeness (QED) is 0.0859. The van der Waals surface area contributed by atoms with Gasteiger partial charge in [0.25, 0.3) is 5.91 Å². The minimum Gasteiger partial charge on any atom is -0.493 e. The Bertz CT molecular complexity index is 1470. The average Bonchev–Trinajstić information content (AvgIpc) is 3.43. The van der Waals surface area contributed by atoms with Crippen LogP contribution in [0.3, 0.4) is 0 Å². The first-order chi connectivity index (χ1) is 22.7. The number of piperidine rings is 1. The molecule has 2 N–H and O–H groups in total. The lowest BCUT2D eigenvalue weighted by Crippen LogP contribution is -2.65. The van der Waals surface area contributed by atoms with Crippen molar-refractivity contribution < 1.29 is 42.8 Å². The number of aldehydes is 1. The van der Waals surface area contributed by atoms with Gasteiger partial charge in [-0.15, -0.1) is 11.3 Å². The van der Waals surface area contributed by atoms with E-state index in [-0.39, 0.29) is 50.6 Å². The molecular weight excluding hydrogens is 661 g/mol. The maximum Gasteiger partial charge on any atom is 0.469 e. The monoisotopic (exact) mass is 709 g/mol. The van der Waals surface area contributed by atoms with Crippen molar-refractivity contribution in [2.75, 3.05) is 46.4 Å². The molecule has 1 aromatic heterocycles. The molecule has 2 aliphatic rings. The van der Waals surface area contributed by atoms with Gasteiger partial charge in [0.05, 0.1) is 36.5 Å². The number of hydroxylamine groups is 2. The van der Waals surface area contributed by atoms with Gasteiger partial charge in [-0.1, -0.05) is 13.8 Å². The van der Waals surface area contributed by atoms with E-state index in [4.69, 9.17) is 19.4 Å². The van der Waals surface area contributed by atoms with Crippen LogP contribution < -0.4 is 4.74 Å². The first-order valence-electron chi connectivity index (χ1n) is 16.3. The minimum absolute atomic E-state index is 0.0149. The molecule has 0 radical (unpaired) electrons. The highest BCUT2D eigenvalue weighted by atomic mass is 32.1. The third kappa shape index (κ3) is 10.9. The van der Waals surface area contributed by atoms with Gasteiger partial charge in [-0.3, -0.25) is 23.9 Å². The van der Waals surface area contributed by atoms with E-state index in [9.17, 15) is 18.9 Å². The summed E-state index contributed by atoms with van der Waals surface area (Å²) in [6.45, 7) is 10.6. The second-order valence-electron chi connectivity index (χ2n) is 12.9. The number of thiazole rings is 1. The molecule has 3 heterocycles. The van der Waals surface area contributed by atoms with Gasteiger partial charge in [-0.05, 0) is 64.3 Å². The third-order valence-electron chi connectivity index (χ3n) is 8.40. The molecule has 2 fully saturated rings. The summed E-state index contributed by atoms with van der Waals surface area (Å²) >= 11 is 1.38. The number of amides is 2. The lowest BCUT2D eigenvalue weighted by Gasteiger charge is -2.48. The lowest BCUT2D eigenvalue weighted by atomic mass is 10.0. The first kappa shape index (κ1) is 38.1. The summed E-state index contributed by atoms with van der Waals surface area (Å²) in [6, 6.07) is 5.87. The molecule has 2 atom stereocenters. The molecule has 2 amide bonds. The standard InChI is InChI=1S/C32H48N5O9PS/c1-22(2)17-26(21-38)46-37(30-19-36(32(40)20-34(30)5)24-11-13-35(14-12-24)23(3)4)31(39)10-9-29-33-27-18-25(7-8-28(27)48-29)44-15-6-16-45-47(41,42)43/h7-10,18,21-24,26,30H,6,11-17,19-20H2,1-5H3,(H2,41,42,43)/b10-9+. The zero-order valence-electron chi connectivity index (χ0n) is 28.3. The lowest BCUT2D eigenvalue weighted by molar-refractivity contribution is -0.239. The Hall–Kier alpha value is -2.75. The first-order valence-corrected chi connectivity index (χ1v) is 18.7. The van der Waals surface area contributed by atoms with Crippen LogP contribution in [0.5, 0.6) is 5.75 Å². The van der Waals surface area contributed by atoms with Gasteiger partial charge in [0.2, 0.25) is 5.91 Å². The highest BCUT2D eigenvalue weighted by Gasteiger charge is 2.40. The average molecular weight is 710 g/mol. The van der Waals surface area contributed by atoms with E-state index in [0.717, 1.165) is 36.9 Å². The number of likely N-dealkylation sites (tertiary alicyclic amines) is 1. The van der Waals surface area contributed by atoms with Crippen LogP contribution in [0.25, 0.3) is 16.3 Å². The number of aromatic nitrogens is 1. The molecule has 1 aromatic carbocycles. The summed E-state index contributed by atoms with van der Waals surface area (Å²) in [7, 11) is -2.73. The maximum absolute atomic E-state index is 13.8. The smallest absolute Gasteiger partial charge is 0.469 e. The number of phosphoric ester groups is 1. The zero-order valence-corrected chi connectivity index (χ0v) is 30.0. The Morgan fingerprint density at radius 1 is 1.19 bits per heavy atom. The van der Waals surface area contributed by atoms with Crippen LogP contribution in [-0.2, 0) is 28.3 Å². The van der Waals surface area contributed by atoms with Crippen molar-refractivity contribution in [3.63, 3.8) is 0 Å². The SMILES string of the molecule is CC(C)CC(C=O)ON(C(=O)/C=C/c1nc2cc(OCCCOP(=O)(O)O)ccc2s1)C1CN(C2CCN(C(C)C)CC2)C(=O)CN1C. The van der Waals surface area contributed by atoms with Gasteiger partial charge < -0.3 is 29.1 Å². The molecule has 266 valence electrons. The Morgan fingerprint density at radius 2 is 1.92 bits per heavy atom. The van der Waals surface area contributed by atoms with Crippen molar-refractivity contribution >= 4 is 53.6 Å². The normalized spacial score (nSPS) is 19.6. The number of hydrogen-bond acceptors (Lipinski definition) is 11. The number of phosphoric acid groups is 1. The summed E-state index contributed by atoms with van der Waals surface area (Å²) in [4.78, 5) is 73.5. The van der Waals surface area contributed by atoms with Crippen LogP contribution in [0, 0.1) is 5.92 Å². The molecule has 16 heteroatoms. The predicted octanol–water partition coefficient (Wildman–Crippen LogP) is 3.53. The van der Waals surface area contributed by atoms with Gasteiger partial charge in [0.1, 0.15) is 23.0 Å². The molecule has 2 saturated heterocycles. The number of nitrogens with zero attached hydrogens (tertiary/aromatic N) is 5. The van der Waals surface area contributed by atoms with E-state index in [1.807, 2.05) is 24.8 Å². The maximum atomic E-state index is 13.8. The van der Waals surface area contributed by atoms with Crippen LogP contribution >= 0.6 is 19.2 Å². The molecule has 14 nitrogen and oxygen atoms in total. The fourth-order valence-corrected chi connectivity index (χ4v) is 7.10. The molecule has 0 spiro atoms. The number of hydrogen-bond donors (Lipinski definition) is 2. The molecule has 0 bridgehead atoms. The van der Waals surface area contributed by atoms with Crippen molar-refractivity contribution in [2.24, 2.45) is 5.92 Å². The van der Waals surface area contributed by atoms with Crippen molar-refractivity contribution in [1.82, 2.24) is 24.7 Å². The molecule has 2 unspecified atom stereocenters. The number of likely N-dealkylation sites (N-methyl/N-ethyl adjacent to an activating group) is 1. The highest BCUT2D eigenvalue weighted by Crippen LogP contribution is 2.35. The van der Waals surface area contributed by atoms with Gasteiger partial charge in [0.15, 0.2) is 6.29 Å². The fraction of sp³-hybridized carbons (Fsp3) is 0.625. The molecule has 0 saturated carbocycles. The molecule has 2 aliphatic heterocycles. The van der Waals surface area contributed by atoms with Crippen LogP contribution in [-0.4, -0.2) is 123 Å². The predicted molar refractivity (Wildman–Crippen MR) is 182 cm³/mol. The summed E-state index contributed by atoms with van der Waals surface area (Å²) < 4.78 is 21.8. The number of piperazine rings is 1. The summed E-state index contributed by atoms with van der Waals surface area (Å²) in [5.74, 6) is 0.244. The van der Waals surface area contributed by atoms with Crippen LogP contribution in [0.15, 0.2) is 24.3 Å². The van der Waals surface area contributed by atoms with Gasteiger partial charge in [-0.25, -0.2) is 9.55 Å². The van der Waals surface area contributed by atoms with Crippen molar-refractivity contribution in [3.05, 3.63) is 29.3 Å². The molecule has 4 rings (SSSR count). The highest BCUT2D eigenvalue weighted by molar-refractivity contribution is 7.46. The van der Waals surface area contributed by atoms with E-state index < -0.39 is 26.0 Å². The number of carbonyl (C=O) groups excluding carboxylic acids is 3. The van der Waals surface area contributed by atoms with Gasteiger partial charge >= 0.3 is 7.82 Å². The van der Waals surface area contributed by atoms with Crippen molar-refractivity contribution in [1.29, 1.82) is 0 Å². The minimum atomic E-state index is -4.51. The van der Waals surface area contributed by atoms with E-state index in [0.29, 0.717) is 28.7 Å². The van der Waals surface area contributed by atoms with Crippen LogP contribution in [0.1, 0.15) is 58.4 Å². The largest absolute Gasteiger partial charge is 0.493 e. The second-order valence-corrected chi connectivity index (χ2v) is 15.2. The Morgan fingerprint density at radius 3 is 2.56 bits per heavy atom. The number of benzene rings is 1. The van der Waals surface area contributed by atoms with E-state index in [2.05, 4.69) is 28.3 Å². The van der Waals surface area contributed by atoms with Crippen LogP contribution in [0.2, 0.25) is 0 Å². The Balaban J connectivity index is 1.48. The number of ether oxygens (including phenoxy) is 1. The molecule has 0 aliphatic carbocycles. The number of rotatable bonds is 16. The topological polar surface area (TPSA) is 162 Å². The Labute approximate surface area is 285 Å². The van der Waals surface area contributed by atoms with Gasteiger partial charge in [0, 0.05) is 43.7 Å². The summed E-state index contributed by atoms with van der Waals surface area (Å²) in [6.07, 6.45) is 4.70. The summed E-state index contributed by atoms with van der Waals surface area (Å²) in [5, 5.41) is 1.82. The number of carbonyl (C=O) groups is 3.